The van der Waals surface area contributed by atoms with Gasteiger partial charge in [-0.2, -0.15) is 0 Å². The Morgan fingerprint density at radius 2 is 1.68 bits per heavy atom. The number of anilines is 1. The van der Waals surface area contributed by atoms with Crippen LogP contribution in [0.3, 0.4) is 0 Å². The molecule has 0 atom stereocenters. The molecular formula is C24H24N2O4S. The Balaban J connectivity index is 1.39. The first-order valence-electron chi connectivity index (χ1n) is 9.78. The van der Waals surface area contributed by atoms with Gasteiger partial charge in [0, 0.05) is 17.6 Å². The highest BCUT2D eigenvalue weighted by molar-refractivity contribution is 8.00. The van der Waals surface area contributed by atoms with E-state index in [1.54, 1.807) is 12.1 Å². The first kappa shape index (κ1) is 22.4. The lowest BCUT2D eigenvalue weighted by molar-refractivity contribution is -0.149. The van der Waals surface area contributed by atoms with Gasteiger partial charge >= 0.3 is 5.97 Å². The van der Waals surface area contributed by atoms with Crippen LogP contribution in [0.4, 0.5) is 5.69 Å². The van der Waals surface area contributed by atoms with Gasteiger partial charge in [0.05, 0.1) is 12.3 Å². The fourth-order valence-corrected chi connectivity index (χ4v) is 3.58. The van der Waals surface area contributed by atoms with Crippen LogP contribution in [0.1, 0.15) is 5.56 Å². The summed E-state index contributed by atoms with van der Waals surface area (Å²) in [6.45, 7) is 1.43. The number of nitrogens with zero attached hydrogens (tertiary/aromatic N) is 1. The molecule has 3 rings (SSSR count). The van der Waals surface area contributed by atoms with Crippen LogP contribution in [0, 0.1) is 6.92 Å². The highest BCUT2D eigenvalue weighted by Crippen LogP contribution is 2.23. The second-order valence-electron chi connectivity index (χ2n) is 7.12. The fourth-order valence-electron chi connectivity index (χ4n) is 2.83. The van der Waals surface area contributed by atoms with E-state index in [4.69, 9.17) is 4.74 Å². The number of carbonyl (C=O) groups is 3. The molecule has 0 radical (unpaired) electrons. The van der Waals surface area contributed by atoms with Crippen molar-refractivity contribution in [3.05, 3.63) is 72.3 Å². The lowest BCUT2D eigenvalue weighted by atomic mass is 10.1. The lowest BCUT2D eigenvalue weighted by Crippen LogP contribution is -2.37. The average Bonchev–Trinajstić information content (AvgIpc) is 2.77. The number of likely N-dealkylation sites (N-methyl/N-ethyl adjacent to an activating group) is 1. The van der Waals surface area contributed by atoms with E-state index in [9.17, 15) is 14.4 Å². The molecule has 3 aromatic carbocycles. The minimum absolute atomic E-state index is 0.100. The number of thioether (sulfide) groups is 1. The maximum Gasteiger partial charge on any atom is 0.316 e. The van der Waals surface area contributed by atoms with E-state index in [0.717, 1.165) is 21.2 Å². The Kier molecular flexibility index (Phi) is 7.67. The third-order valence-corrected chi connectivity index (χ3v) is 5.54. The van der Waals surface area contributed by atoms with Gasteiger partial charge in [0.15, 0.2) is 6.61 Å². The second kappa shape index (κ2) is 10.6. The molecule has 0 heterocycles. The molecule has 2 amide bonds. The number of aryl methyl sites for hydroxylation is 1. The van der Waals surface area contributed by atoms with Gasteiger partial charge in [-0.3, -0.25) is 14.4 Å². The van der Waals surface area contributed by atoms with E-state index in [-0.39, 0.29) is 18.2 Å². The molecule has 0 fully saturated rings. The molecular weight excluding hydrogens is 412 g/mol. The van der Waals surface area contributed by atoms with Crippen molar-refractivity contribution >= 4 is 46.0 Å². The number of benzene rings is 3. The maximum absolute atomic E-state index is 12.2. The quantitative estimate of drug-likeness (QED) is 0.428. The summed E-state index contributed by atoms with van der Waals surface area (Å²) in [5.41, 5.74) is 1.75. The van der Waals surface area contributed by atoms with Gasteiger partial charge in [0.1, 0.15) is 0 Å². The van der Waals surface area contributed by atoms with Crippen molar-refractivity contribution < 1.29 is 19.1 Å². The minimum atomic E-state index is -0.482. The van der Waals surface area contributed by atoms with E-state index in [0.29, 0.717) is 5.69 Å². The predicted octanol–water partition coefficient (Wildman–Crippen LogP) is 3.88. The number of nitrogens with one attached hydrogen (secondary N) is 1. The van der Waals surface area contributed by atoms with Crippen molar-refractivity contribution in [2.24, 2.45) is 0 Å². The Morgan fingerprint density at radius 1 is 0.968 bits per heavy atom. The van der Waals surface area contributed by atoms with Gasteiger partial charge in [-0.25, -0.2) is 0 Å². The molecule has 0 saturated heterocycles. The molecule has 31 heavy (non-hydrogen) atoms. The molecule has 3 aromatic rings. The number of esters is 1. The SMILES string of the molecule is Cc1ccc(NC(=O)CN(C)C(=O)COC(=O)CSc2ccc3ccccc3c2)cc1. The van der Waals surface area contributed by atoms with Crippen LogP contribution in [-0.4, -0.2) is 48.6 Å². The van der Waals surface area contributed by atoms with Crippen molar-refractivity contribution in [2.45, 2.75) is 11.8 Å². The monoisotopic (exact) mass is 436 g/mol. The number of ether oxygens (including phenoxy) is 1. The highest BCUT2D eigenvalue weighted by atomic mass is 32.2. The summed E-state index contributed by atoms with van der Waals surface area (Å²) in [5.74, 6) is -1.14. The second-order valence-corrected chi connectivity index (χ2v) is 8.17. The van der Waals surface area contributed by atoms with E-state index in [1.807, 2.05) is 61.5 Å². The van der Waals surface area contributed by atoms with Gasteiger partial charge in [0.25, 0.3) is 5.91 Å². The Labute approximate surface area is 185 Å². The van der Waals surface area contributed by atoms with E-state index in [1.165, 1.54) is 23.7 Å². The molecule has 1 N–H and O–H groups in total. The molecule has 0 aliphatic carbocycles. The molecule has 7 heteroatoms. The van der Waals surface area contributed by atoms with Gasteiger partial charge in [-0.1, -0.05) is 48.0 Å². The zero-order chi connectivity index (χ0) is 22.2. The zero-order valence-corrected chi connectivity index (χ0v) is 18.3. The van der Waals surface area contributed by atoms with Crippen LogP contribution in [-0.2, 0) is 19.1 Å². The zero-order valence-electron chi connectivity index (χ0n) is 17.5. The van der Waals surface area contributed by atoms with E-state index in [2.05, 4.69) is 5.32 Å². The van der Waals surface area contributed by atoms with Gasteiger partial charge in [0.2, 0.25) is 5.91 Å². The first-order chi connectivity index (χ1) is 14.9. The number of amides is 2. The van der Waals surface area contributed by atoms with Crippen LogP contribution in [0.15, 0.2) is 71.6 Å². The number of hydrogen-bond acceptors (Lipinski definition) is 5. The number of hydrogen-bond donors (Lipinski definition) is 1. The largest absolute Gasteiger partial charge is 0.455 e. The molecule has 0 bridgehead atoms. The van der Waals surface area contributed by atoms with Crippen LogP contribution in [0.25, 0.3) is 10.8 Å². The molecule has 6 nitrogen and oxygen atoms in total. The molecule has 0 aliphatic heterocycles. The standard InChI is InChI=1S/C24H24N2O4S/c1-17-7-10-20(11-8-17)25-22(27)14-26(2)23(28)15-30-24(29)16-31-21-12-9-18-5-3-4-6-19(18)13-21/h3-13H,14-16H2,1-2H3,(H,25,27). The summed E-state index contributed by atoms with van der Waals surface area (Å²) in [5, 5.41) is 4.96. The van der Waals surface area contributed by atoms with Crippen molar-refractivity contribution in [3.8, 4) is 0 Å². The van der Waals surface area contributed by atoms with Crippen LogP contribution < -0.4 is 5.32 Å². The summed E-state index contributed by atoms with van der Waals surface area (Å²) in [7, 11) is 1.49. The Morgan fingerprint density at radius 3 is 2.42 bits per heavy atom. The third-order valence-electron chi connectivity index (χ3n) is 4.58. The number of carbonyl (C=O) groups excluding carboxylic acids is 3. The summed E-state index contributed by atoms with van der Waals surface area (Å²) in [6.07, 6.45) is 0. The van der Waals surface area contributed by atoms with Crippen LogP contribution in [0.5, 0.6) is 0 Å². The van der Waals surface area contributed by atoms with Gasteiger partial charge in [-0.15, -0.1) is 11.8 Å². The third kappa shape index (κ3) is 6.86. The normalized spacial score (nSPS) is 10.5. The van der Waals surface area contributed by atoms with Crippen LogP contribution in [0.2, 0.25) is 0 Å². The van der Waals surface area contributed by atoms with Gasteiger partial charge < -0.3 is 15.0 Å². The molecule has 0 aliphatic rings. The molecule has 0 spiro atoms. The van der Waals surface area contributed by atoms with E-state index >= 15 is 0 Å². The number of fused-ring (bicyclic) bond motifs is 1. The average molecular weight is 437 g/mol. The summed E-state index contributed by atoms with van der Waals surface area (Å²) in [6, 6.07) is 21.3. The fraction of sp³-hybridized carbons (Fsp3) is 0.208. The highest BCUT2D eigenvalue weighted by Gasteiger charge is 2.15. The first-order valence-corrected chi connectivity index (χ1v) is 10.8. The minimum Gasteiger partial charge on any atom is -0.455 e. The van der Waals surface area contributed by atoms with E-state index < -0.39 is 18.5 Å². The Bertz CT molecular complexity index is 1080. The van der Waals surface area contributed by atoms with Crippen molar-refractivity contribution in [1.29, 1.82) is 0 Å². The summed E-state index contributed by atoms with van der Waals surface area (Å²) >= 11 is 1.35. The summed E-state index contributed by atoms with van der Waals surface area (Å²) < 4.78 is 5.06. The summed E-state index contributed by atoms with van der Waals surface area (Å²) in [4.78, 5) is 38.4. The smallest absolute Gasteiger partial charge is 0.316 e. The molecule has 160 valence electrons. The van der Waals surface area contributed by atoms with Crippen LogP contribution >= 0.6 is 11.8 Å². The van der Waals surface area contributed by atoms with Gasteiger partial charge in [-0.05, 0) is 42.0 Å². The molecule has 0 unspecified atom stereocenters. The molecule has 0 aromatic heterocycles. The number of rotatable bonds is 8. The Hall–Kier alpha value is -3.32. The lowest BCUT2D eigenvalue weighted by Gasteiger charge is -2.16. The maximum atomic E-state index is 12.2. The topological polar surface area (TPSA) is 75.7 Å². The molecule has 0 saturated carbocycles. The van der Waals surface area contributed by atoms with Crippen molar-refractivity contribution in [2.75, 3.05) is 31.3 Å². The predicted molar refractivity (Wildman–Crippen MR) is 123 cm³/mol. The van der Waals surface area contributed by atoms with Crippen molar-refractivity contribution in [3.63, 3.8) is 0 Å². The van der Waals surface area contributed by atoms with Crippen molar-refractivity contribution in [1.82, 2.24) is 4.90 Å².